The van der Waals surface area contributed by atoms with Gasteiger partial charge in [0.1, 0.15) is 0 Å². The molecule has 0 saturated carbocycles. The molecule has 1 aromatic heterocycles. The van der Waals surface area contributed by atoms with Crippen molar-refractivity contribution in [2.24, 2.45) is 0 Å². The molecule has 2 heterocycles. The largest absolute Gasteiger partial charge is 0.416 e. The van der Waals surface area contributed by atoms with Crippen LogP contribution >= 0.6 is 0 Å². The Hall–Kier alpha value is -3.84. The van der Waals surface area contributed by atoms with Crippen LogP contribution < -0.4 is 0 Å². The van der Waals surface area contributed by atoms with E-state index in [1.165, 1.54) is 4.90 Å². The fourth-order valence-corrected chi connectivity index (χ4v) is 4.64. The summed E-state index contributed by atoms with van der Waals surface area (Å²) in [5.41, 5.74) is 0.107. The van der Waals surface area contributed by atoms with Gasteiger partial charge in [0, 0.05) is 49.2 Å². The van der Waals surface area contributed by atoms with Gasteiger partial charge in [0.2, 0.25) is 0 Å². The molecule has 40 heavy (non-hydrogen) atoms. The molecule has 1 saturated heterocycles. The van der Waals surface area contributed by atoms with E-state index in [1.807, 2.05) is 43.0 Å². The van der Waals surface area contributed by atoms with Gasteiger partial charge in [0.25, 0.3) is 5.91 Å². The summed E-state index contributed by atoms with van der Waals surface area (Å²) in [6.45, 7) is 5.13. The normalized spacial score (nSPS) is 16.4. The number of hydrogen-bond acceptors (Lipinski definition) is 3. The molecule has 0 spiro atoms. The first-order valence-corrected chi connectivity index (χ1v) is 12.6. The van der Waals surface area contributed by atoms with E-state index in [-0.39, 0.29) is 12.6 Å². The minimum absolute atomic E-state index is 0.0300. The van der Waals surface area contributed by atoms with E-state index < -0.39 is 41.0 Å². The van der Waals surface area contributed by atoms with Crippen molar-refractivity contribution >= 4 is 5.91 Å². The highest BCUT2D eigenvalue weighted by Gasteiger charge is 2.39. The van der Waals surface area contributed by atoms with Crippen molar-refractivity contribution in [3.8, 4) is 11.8 Å². The Morgan fingerprint density at radius 3 is 2.25 bits per heavy atom. The zero-order valence-electron chi connectivity index (χ0n) is 21.9. The van der Waals surface area contributed by atoms with Gasteiger partial charge in [0.15, 0.2) is 0 Å². The SMILES string of the molecule is Cc1ccc(C[C@@H]2CN(CC#Cc3cccnc3)CCN2C(=O)c2cc(C(F)(F)F)cc(C(F)(F)F)c2)cc1C. The molecule has 10 heteroatoms. The average molecular weight is 560 g/mol. The summed E-state index contributed by atoms with van der Waals surface area (Å²) in [5.74, 6) is 5.23. The Morgan fingerprint density at radius 1 is 0.950 bits per heavy atom. The van der Waals surface area contributed by atoms with Crippen molar-refractivity contribution < 1.29 is 31.1 Å². The number of piperazine rings is 1. The molecule has 1 aliphatic rings. The number of rotatable bonds is 4. The molecule has 1 fully saturated rings. The lowest BCUT2D eigenvalue weighted by molar-refractivity contribution is -0.143. The number of carbonyl (C=O) groups excluding carboxylic acids is 1. The van der Waals surface area contributed by atoms with Crippen molar-refractivity contribution in [2.75, 3.05) is 26.2 Å². The number of carbonyl (C=O) groups is 1. The van der Waals surface area contributed by atoms with Crippen molar-refractivity contribution in [3.63, 3.8) is 0 Å². The summed E-state index contributed by atoms with van der Waals surface area (Å²) < 4.78 is 80.7. The molecule has 0 radical (unpaired) electrons. The lowest BCUT2D eigenvalue weighted by Crippen LogP contribution is -2.56. The summed E-state index contributed by atoms with van der Waals surface area (Å²) in [4.78, 5) is 20.9. The van der Waals surface area contributed by atoms with Crippen LogP contribution in [-0.2, 0) is 18.8 Å². The van der Waals surface area contributed by atoms with Gasteiger partial charge in [-0.05, 0) is 67.3 Å². The van der Waals surface area contributed by atoms with E-state index in [2.05, 4.69) is 16.8 Å². The molecule has 210 valence electrons. The molecule has 1 aliphatic heterocycles. The van der Waals surface area contributed by atoms with Crippen LogP contribution in [0, 0.1) is 25.7 Å². The van der Waals surface area contributed by atoms with Crippen LogP contribution in [-0.4, -0.2) is 52.9 Å². The Labute approximate surface area is 228 Å². The smallest absolute Gasteiger partial charge is 0.333 e. The Bertz CT molecular complexity index is 1390. The predicted octanol–water partition coefficient (Wildman–Crippen LogP) is 6.16. The Kier molecular flexibility index (Phi) is 8.54. The average Bonchev–Trinajstić information content (AvgIpc) is 2.90. The summed E-state index contributed by atoms with van der Waals surface area (Å²) >= 11 is 0. The number of nitrogens with zero attached hydrogens (tertiary/aromatic N) is 3. The Morgan fingerprint density at radius 2 is 1.65 bits per heavy atom. The number of hydrogen-bond donors (Lipinski definition) is 0. The molecule has 0 aliphatic carbocycles. The lowest BCUT2D eigenvalue weighted by atomic mass is 9.97. The first-order chi connectivity index (χ1) is 18.8. The number of benzene rings is 2. The van der Waals surface area contributed by atoms with Crippen molar-refractivity contribution in [2.45, 2.75) is 38.7 Å². The molecule has 0 bridgehead atoms. The van der Waals surface area contributed by atoms with E-state index in [0.29, 0.717) is 38.2 Å². The number of aromatic nitrogens is 1. The van der Waals surface area contributed by atoms with Gasteiger partial charge < -0.3 is 4.90 Å². The zero-order valence-corrected chi connectivity index (χ0v) is 21.9. The monoisotopic (exact) mass is 559 g/mol. The van der Waals surface area contributed by atoms with Gasteiger partial charge >= 0.3 is 12.4 Å². The molecule has 1 atom stereocenters. The first-order valence-electron chi connectivity index (χ1n) is 12.6. The molecular formula is C30H27F6N3O. The molecule has 2 aromatic carbocycles. The van der Waals surface area contributed by atoms with Gasteiger partial charge in [-0.25, -0.2) is 0 Å². The second-order valence-electron chi connectivity index (χ2n) is 9.85. The molecule has 1 amide bonds. The number of alkyl halides is 6. The third-order valence-corrected chi connectivity index (χ3v) is 6.90. The number of aryl methyl sites for hydroxylation is 2. The maximum Gasteiger partial charge on any atom is 0.416 e. The first kappa shape index (κ1) is 29.2. The third kappa shape index (κ3) is 7.21. The van der Waals surface area contributed by atoms with Crippen LogP contribution in [0.15, 0.2) is 60.9 Å². The number of amides is 1. The van der Waals surface area contributed by atoms with Gasteiger partial charge in [-0.15, -0.1) is 0 Å². The minimum atomic E-state index is -5.04. The van der Waals surface area contributed by atoms with E-state index >= 15 is 0 Å². The highest BCUT2D eigenvalue weighted by molar-refractivity contribution is 5.95. The molecule has 4 nitrogen and oxygen atoms in total. The second-order valence-corrected chi connectivity index (χ2v) is 9.85. The van der Waals surface area contributed by atoms with Crippen molar-refractivity contribution in [3.05, 3.63) is 99.9 Å². The van der Waals surface area contributed by atoms with Crippen LogP contribution in [0.5, 0.6) is 0 Å². The van der Waals surface area contributed by atoms with Crippen molar-refractivity contribution in [1.29, 1.82) is 0 Å². The van der Waals surface area contributed by atoms with E-state index in [4.69, 9.17) is 0 Å². The molecular weight excluding hydrogens is 532 g/mol. The minimum Gasteiger partial charge on any atom is -0.333 e. The van der Waals surface area contributed by atoms with Gasteiger partial charge in [-0.3, -0.25) is 14.7 Å². The van der Waals surface area contributed by atoms with E-state index in [9.17, 15) is 31.1 Å². The zero-order chi connectivity index (χ0) is 29.1. The highest BCUT2D eigenvalue weighted by atomic mass is 19.4. The van der Waals surface area contributed by atoms with E-state index in [0.717, 1.165) is 22.3 Å². The topological polar surface area (TPSA) is 36.4 Å². The molecule has 4 rings (SSSR count). The van der Waals surface area contributed by atoms with Crippen LogP contribution in [0.3, 0.4) is 0 Å². The summed E-state index contributed by atoms with van der Waals surface area (Å²) in [6.07, 6.45) is -6.43. The summed E-state index contributed by atoms with van der Waals surface area (Å²) in [5, 5.41) is 0. The number of pyridine rings is 1. The summed E-state index contributed by atoms with van der Waals surface area (Å²) in [6, 6.07) is 9.96. The summed E-state index contributed by atoms with van der Waals surface area (Å²) in [7, 11) is 0. The van der Waals surface area contributed by atoms with Crippen LogP contribution in [0.4, 0.5) is 26.3 Å². The second kappa shape index (κ2) is 11.7. The molecule has 3 aromatic rings. The van der Waals surface area contributed by atoms with E-state index in [1.54, 1.807) is 18.5 Å². The van der Waals surface area contributed by atoms with Crippen LogP contribution in [0.25, 0.3) is 0 Å². The fraction of sp³-hybridized carbons (Fsp3) is 0.333. The predicted molar refractivity (Wildman–Crippen MR) is 138 cm³/mol. The lowest BCUT2D eigenvalue weighted by Gasteiger charge is -2.41. The van der Waals surface area contributed by atoms with Gasteiger partial charge in [0.05, 0.1) is 17.7 Å². The number of halogens is 6. The molecule has 0 unspecified atom stereocenters. The maximum absolute atomic E-state index is 13.5. The molecule has 0 N–H and O–H groups in total. The quantitative estimate of drug-likeness (QED) is 0.284. The van der Waals surface area contributed by atoms with Crippen LogP contribution in [0.2, 0.25) is 0 Å². The Balaban J connectivity index is 1.63. The fourth-order valence-electron chi connectivity index (χ4n) is 4.64. The highest BCUT2D eigenvalue weighted by Crippen LogP contribution is 2.37. The van der Waals surface area contributed by atoms with Gasteiger partial charge in [-0.1, -0.05) is 30.0 Å². The van der Waals surface area contributed by atoms with Gasteiger partial charge in [-0.2, -0.15) is 26.3 Å². The third-order valence-electron chi connectivity index (χ3n) is 6.90. The maximum atomic E-state index is 13.5. The standard InChI is InChI=1S/C30H27F6N3O/c1-20-7-8-23(13-21(20)2)14-27-19-38(10-4-6-22-5-3-9-37-18-22)11-12-39(27)28(40)24-15-25(29(31,32)33)17-26(16-24)30(34,35)36/h3,5,7-9,13,15-18,27H,10-12,14,19H2,1-2H3/t27-/m1/s1. The van der Waals surface area contributed by atoms with Crippen molar-refractivity contribution in [1.82, 2.24) is 14.8 Å². The van der Waals surface area contributed by atoms with Crippen LogP contribution in [0.1, 0.15) is 43.7 Å².